The lowest BCUT2D eigenvalue weighted by Gasteiger charge is -2.14. The Morgan fingerprint density at radius 2 is 1.81 bits per heavy atom. The van der Waals surface area contributed by atoms with E-state index in [-0.39, 0.29) is 18.5 Å². The van der Waals surface area contributed by atoms with Crippen LogP contribution < -0.4 is 0 Å². The molecule has 1 unspecified atom stereocenters. The standard InChI is InChI=1S/C17H14Cl2O2/c18-14-6-3-7-15(19)13(14)10-17(20)21-16-9-8-11-4-1-2-5-12(11)16/h1-7,16H,8-10H2. The van der Waals surface area contributed by atoms with Crippen LogP contribution in [0.5, 0.6) is 0 Å². The van der Waals surface area contributed by atoms with Gasteiger partial charge in [-0.25, -0.2) is 0 Å². The molecule has 108 valence electrons. The molecule has 2 nitrogen and oxygen atoms in total. The zero-order chi connectivity index (χ0) is 14.8. The fraction of sp³-hybridized carbons (Fsp3) is 0.235. The molecule has 0 saturated heterocycles. The van der Waals surface area contributed by atoms with Crippen LogP contribution in [0.25, 0.3) is 0 Å². The van der Waals surface area contributed by atoms with Crippen LogP contribution in [-0.2, 0) is 22.4 Å². The van der Waals surface area contributed by atoms with Crippen molar-refractivity contribution in [3.63, 3.8) is 0 Å². The van der Waals surface area contributed by atoms with Crippen molar-refractivity contribution in [1.29, 1.82) is 0 Å². The number of fused-ring (bicyclic) bond motifs is 1. The third-order valence-electron chi connectivity index (χ3n) is 3.73. The molecule has 1 aliphatic carbocycles. The molecule has 0 fully saturated rings. The summed E-state index contributed by atoms with van der Waals surface area (Å²) in [5.74, 6) is -0.299. The van der Waals surface area contributed by atoms with Crippen molar-refractivity contribution in [2.24, 2.45) is 0 Å². The normalized spacial score (nSPS) is 16.6. The van der Waals surface area contributed by atoms with Crippen LogP contribution in [0, 0.1) is 0 Å². The van der Waals surface area contributed by atoms with Crippen molar-refractivity contribution in [2.75, 3.05) is 0 Å². The van der Waals surface area contributed by atoms with Crippen LogP contribution in [0.3, 0.4) is 0 Å². The van der Waals surface area contributed by atoms with Crippen LogP contribution >= 0.6 is 23.2 Å². The van der Waals surface area contributed by atoms with Crippen molar-refractivity contribution >= 4 is 29.2 Å². The maximum absolute atomic E-state index is 12.1. The number of aryl methyl sites for hydroxylation is 1. The van der Waals surface area contributed by atoms with Gasteiger partial charge in [-0.3, -0.25) is 4.79 Å². The first-order valence-electron chi connectivity index (χ1n) is 6.85. The second-order valence-corrected chi connectivity index (χ2v) is 5.91. The van der Waals surface area contributed by atoms with Crippen molar-refractivity contribution in [3.8, 4) is 0 Å². The molecule has 2 aromatic carbocycles. The van der Waals surface area contributed by atoms with E-state index in [4.69, 9.17) is 27.9 Å². The Morgan fingerprint density at radius 3 is 2.57 bits per heavy atom. The Morgan fingerprint density at radius 1 is 1.10 bits per heavy atom. The van der Waals surface area contributed by atoms with Gasteiger partial charge in [-0.15, -0.1) is 0 Å². The summed E-state index contributed by atoms with van der Waals surface area (Å²) >= 11 is 12.2. The van der Waals surface area contributed by atoms with Crippen LogP contribution in [-0.4, -0.2) is 5.97 Å². The first-order chi connectivity index (χ1) is 10.1. The summed E-state index contributed by atoms with van der Waals surface area (Å²) in [6, 6.07) is 13.3. The van der Waals surface area contributed by atoms with Crippen molar-refractivity contribution in [3.05, 3.63) is 69.2 Å². The molecule has 0 bridgehead atoms. The Bertz CT molecular complexity index is 662. The van der Waals surface area contributed by atoms with E-state index in [9.17, 15) is 4.79 Å². The smallest absolute Gasteiger partial charge is 0.310 e. The van der Waals surface area contributed by atoms with E-state index in [0.717, 1.165) is 18.4 Å². The quantitative estimate of drug-likeness (QED) is 0.762. The summed E-state index contributed by atoms with van der Waals surface area (Å²) in [5, 5.41) is 0.984. The first kappa shape index (κ1) is 14.4. The average molecular weight is 321 g/mol. The highest BCUT2D eigenvalue weighted by atomic mass is 35.5. The number of benzene rings is 2. The molecule has 0 radical (unpaired) electrons. The van der Waals surface area contributed by atoms with Gasteiger partial charge in [0.2, 0.25) is 0 Å². The Labute approximate surface area is 133 Å². The number of esters is 1. The van der Waals surface area contributed by atoms with Crippen LogP contribution in [0.4, 0.5) is 0 Å². The summed E-state index contributed by atoms with van der Waals surface area (Å²) < 4.78 is 5.60. The highest BCUT2D eigenvalue weighted by molar-refractivity contribution is 6.36. The van der Waals surface area contributed by atoms with E-state index in [1.165, 1.54) is 5.56 Å². The molecule has 0 saturated carbocycles. The lowest BCUT2D eigenvalue weighted by atomic mass is 10.1. The maximum atomic E-state index is 12.1. The van der Waals surface area contributed by atoms with Crippen LogP contribution in [0.15, 0.2) is 42.5 Å². The van der Waals surface area contributed by atoms with Gasteiger partial charge in [0.05, 0.1) is 6.42 Å². The molecule has 21 heavy (non-hydrogen) atoms. The number of carbonyl (C=O) groups excluding carboxylic acids is 1. The zero-order valence-electron chi connectivity index (χ0n) is 11.3. The summed E-state index contributed by atoms with van der Waals surface area (Å²) in [7, 11) is 0. The van der Waals surface area contributed by atoms with Gasteiger partial charge < -0.3 is 4.74 Å². The van der Waals surface area contributed by atoms with E-state index in [2.05, 4.69) is 6.07 Å². The van der Waals surface area contributed by atoms with Gasteiger partial charge in [-0.2, -0.15) is 0 Å². The highest BCUT2D eigenvalue weighted by Gasteiger charge is 2.25. The molecule has 0 aromatic heterocycles. The largest absolute Gasteiger partial charge is 0.457 e. The number of halogens is 2. The molecule has 0 amide bonds. The Hall–Kier alpha value is -1.51. The monoisotopic (exact) mass is 320 g/mol. The topological polar surface area (TPSA) is 26.3 Å². The number of carbonyl (C=O) groups is 1. The molecule has 0 N–H and O–H groups in total. The lowest BCUT2D eigenvalue weighted by Crippen LogP contribution is -2.12. The van der Waals surface area contributed by atoms with Crippen LogP contribution in [0.1, 0.15) is 29.2 Å². The molecule has 1 atom stereocenters. The molecule has 3 rings (SSSR count). The van der Waals surface area contributed by atoms with E-state index >= 15 is 0 Å². The zero-order valence-corrected chi connectivity index (χ0v) is 12.8. The highest BCUT2D eigenvalue weighted by Crippen LogP contribution is 2.34. The van der Waals surface area contributed by atoms with Crippen LogP contribution in [0.2, 0.25) is 10.0 Å². The minimum absolute atomic E-state index is 0.0944. The average Bonchev–Trinajstić information content (AvgIpc) is 2.87. The third-order valence-corrected chi connectivity index (χ3v) is 4.44. The molecular weight excluding hydrogens is 307 g/mol. The summed E-state index contributed by atoms with van der Waals surface area (Å²) in [4.78, 5) is 12.1. The molecule has 1 aliphatic rings. The van der Waals surface area contributed by atoms with Gasteiger partial charge in [-0.1, -0.05) is 53.5 Å². The Kier molecular flexibility index (Phi) is 4.18. The van der Waals surface area contributed by atoms with Gasteiger partial charge in [0.1, 0.15) is 6.10 Å². The lowest BCUT2D eigenvalue weighted by molar-refractivity contribution is -0.148. The van der Waals surface area contributed by atoms with Crippen molar-refractivity contribution < 1.29 is 9.53 Å². The van der Waals surface area contributed by atoms with Gasteiger partial charge in [0.15, 0.2) is 0 Å². The summed E-state index contributed by atoms with van der Waals surface area (Å²) in [6.07, 6.45) is 1.72. The predicted molar refractivity (Wildman–Crippen MR) is 83.8 cm³/mol. The second kappa shape index (κ2) is 6.08. The second-order valence-electron chi connectivity index (χ2n) is 5.09. The molecule has 2 aromatic rings. The Balaban J connectivity index is 1.71. The molecule has 0 aliphatic heterocycles. The number of ether oxygens (including phenoxy) is 1. The number of hydrogen-bond acceptors (Lipinski definition) is 2. The maximum Gasteiger partial charge on any atom is 0.310 e. The summed E-state index contributed by atoms with van der Waals surface area (Å²) in [5.41, 5.74) is 2.99. The van der Waals surface area contributed by atoms with Gasteiger partial charge in [0, 0.05) is 15.6 Å². The SMILES string of the molecule is O=C(Cc1c(Cl)cccc1Cl)OC1CCc2ccccc21. The van der Waals surface area contributed by atoms with E-state index in [1.54, 1.807) is 18.2 Å². The van der Waals surface area contributed by atoms with E-state index in [1.807, 2.05) is 18.2 Å². The fourth-order valence-electron chi connectivity index (χ4n) is 2.69. The molecule has 0 heterocycles. The third kappa shape index (κ3) is 3.07. The first-order valence-corrected chi connectivity index (χ1v) is 7.61. The molecule has 0 spiro atoms. The van der Waals surface area contributed by atoms with Crippen molar-refractivity contribution in [1.82, 2.24) is 0 Å². The van der Waals surface area contributed by atoms with Gasteiger partial charge in [-0.05, 0) is 36.1 Å². The minimum Gasteiger partial charge on any atom is -0.457 e. The predicted octanol–water partition coefficient (Wildman–Crippen LogP) is 4.77. The van der Waals surface area contributed by atoms with Gasteiger partial charge in [0.25, 0.3) is 0 Å². The number of rotatable bonds is 3. The fourth-order valence-corrected chi connectivity index (χ4v) is 3.22. The summed E-state index contributed by atoms with van der Waals surface area (Å²) in [6.45, 7) is 0. The van der Waals surface area contributed by atoms with Gasteiger partial charge >= 0.3 is 5.97 Å². The number of hydrogen-bond donors (Lipinski definition) is 0. The molecular formula is C17H14Cl2O2. The minimum atomic E-state index is -0.299. The van der Waals surface area contributed by atoms with E-state index < -0.39 is 0 Å². The molecule has 4 heteroatoms. The van der Waals surface area contributed by atoms with Crippen molar-refractivity contribution in [2.45, 2.75) is 25.4 Å². The van der Waals surface area contributed by atoms with E-state index in [0.29, 0.717) is 15.6 Å².